The number of carboxylic acids is 1. The van der Waals surface area contributed by atoms with E-state index in [0.717, 1.165) is 42.6 Å². The molecule has 1 spiro atoms. The van der Waals surface area contributed by atoms with Gasteiger partial charge < -0.3 is 9.84 Å². The highest BCUT2D eigenvalue weighted by molar-refractivity contribution is 5.92. The van der Waals surface area contributed by atoms with Gasteiger partial charge in [-0.25, -0.2) is 9.59 Å². The normalized spacial score (nSPS) is 21.1. The highest BCUT2D eigenvalue weighted by Crippen LogP contribution is 2.39. The molecule has 1 amide bonds. The Morgan fingerprint density at radius 3 is 2.54 bits per heavy atom. The van der Waals surface area contributed by atoms with Crippen molar-refractivity contribution in [3.8, 4) is 0 Å². The summed E-state index contributed by atoms with van der Waals surface area (Å²) in [6, 6.07) is 6.08. The standard InChI is InChI=1S/C30H31F3N4O4/c31-30(32,33)22-4-3-5-24(25-17-34-37-13-2-1-6-26(25)37)21(16-22)18-35-14-11-29(12-15-35)19-36(28(40)41-29)23-9-7-20(8-10-23)27(38)39/h4-5,7-10,16-17H,1-3,6,11-15,18-19H2,(H,38,39). The van der Waals surface area contributed by atoms with Gasteiger partial charge >= 0.3 is 18.2 Å². The average Bonchev–Trinajstić information content (AvgIpc) is 3.43. The lowest BCUT2D eigenvalue weighted by Gasteiger charge is -2.38. The Balaban J connectivity index is 1.18. The van der Waals surface area contributed by atoms with E-state index in [2.05, 4.69) is 10.00 Å². The Morgan fingerprint density at radius 2 is 1.83 bits per heavy atom. The molecule has 11 heteroatoms. The number of nitrogens with zero attached hydrogens (tertiary/aromatic N) is 4. The van der Waals surface area contributed by atoms with Crippen molar-refractivity contribution in [1.82, 2.24) is 14.7 Å². The van der Waals surface area contributed by atoms with Crippen LogP contribution in [0.25, 0.3) is 5.57 Å². The van der Waals surface area contributed by atoms with E-state index in [1.807, 2.05) is 10.8 Å². The van der Waals surface area contributed by atoms with Crippen LogP contribution in [0.5, 0.6) is 0 Å². The number of hydrogen-bond donors (Lipinski definition) is 1. The number of rotatable bonds is 5. The molecular weight excluding hydrogens is 537 g/mol. The van der Waals surface area contributed by atoms with E-state index < -0.39 is 29.4 Å². The van der Waals surface area contributed by atoms with Crippen molar-refractivity contribution in [2.45, 2.75) is 56.8 Å². The third-order valence-corrected chi connectivity index (χ3v) is 8.49. The molecule has 1 aliphatic carbocycles. The number of anilines is 1. The molecule has 0 saturated carbocycles. The predicted octanol–water partition coefficient (Wildman–Crippen LogP) is 5.61. The van der Waals surface area contributed by atoms with Gasteiger partial charge in [0.2, 0.25) is 0 Å². The molecule has 2 saturated heterocycles. The van der Waals surface area contributed by atoms with Crippen LogP contribution in [-0.2, 0) is 17.7 Å². The number of carbonyl (C=O) groups is 2. The molecule has 4 heterocycles. The molecule has 216 valence electrons. The Labute approximate surface area is 235 Å². The van der Waals surface area contributed by atoms with E-state index in [4.69, 9.17) is 9.84 Å². The molecule has 2 aromatic rings. The van der Waals surface area contributed by atoms with Crippen LogP contribution >= 0.6 is 0 Å². The van der Waals surface area contributed by atoms with Crippen molar-refractivity contribution in [3.63, 3.8) is 0 Å². The number of carboxylic acid groups (broad SMARTS) is 1. The number of hydrogen-bond acceptors (Lipinski definition) is 5. The van der Waals surface area contributed by atoms with Crippen LogP contribution in [0.1, 0.15) is 53.7 Å². The van der Waals surface area contributed by atoms with E-state index in [0.29, 0.717) is 50.3 Å². The van der Waals surface area contributed by atoms with Gasteiger partial charge in [0.1, 0.15) is 5.60 Å². The molecule has 1 aromatic carbocycles. The maximum Gasteiger partial charge on any atom is 0.416 e. The minimum Gasteiger partial charge on any atom is -0.478 e. The number of halogens is 3. The first-order valence-corrected chi connectivity index (χ1v) is 13.9. The van der Waals surface area contributed by atoms with Crippen LogP contribution in [0.3, 0.4) is 0 Å². The first kappa shape index (κ1) is 27.3. The van der Waals surface area contributed by atoms with Crippen LogP contribution in [0, 0.1) is 0 Å². The number of likely N-dealkylation sites (tertiary alicyclic amines) is 1. The van der Waals surface area contributed by atoms with E-state index in [9.17, 15) is 22.8 Å². The fourth-order valence-electron chi connectivity index (χ4n) is 6.24. The molecule has 0 atom stereocenters. The summed E-state index contributed by atoms with van der Waals surface area (Å²) in [5.41, 5.74) is 2.78. The van der Waals surface area contributed by atoms with Gasteiger partial charge in [-0.15, -0.1) is 0 Å². The summed E-state index contributed by atoms with van der Waals surface area (Å²) in [4.78, 5) is 27.6. The lowest BCUT2D eigenvalue weighted by Crippen LogP contribution is -2.47. The summed E-state index contributed by atoms with van der Waals surface area (Å²) in [5, 5.41) is 13.7. The highest BCUT2D eigenvalue weighted by Gasteiger charge is 2.47. The van der Waals surface area contributed by atoms with E-state index in [-0.39, 0.29) is 12.0 Å². The molecule has 0 radical (unpaired) electrons. The summed E-state index contributed by atoms with van der Waals surface area (Å²) in [6.45, 7) is 2.61. The Hall–Kier alpha value is -3.86. The number of piperidine rings is 1. The Bertz CT molecular complexity index is 1450. The number of aromatic nitrogens is 2. The third-order valence-electron chi connectivity index (χ3n) is 8.49. The number of allylic oxidation sites excluding steroid dienone is 4. The van der Waals surface area contributed by atoms with Gasteiger partial charge in [-0.2, -0.15) is 18.3 Å². The van der Waals surface area contributed by atoms with Crippen molar-refractivity contribution in [3.05, 3.63) is 76.7 Å². The second-order valence-corrected chi connectivity index (χ2v) is 11.1. The fraction of sp³-hybridized carbons (Fsp3) is 0.433. The Kier molecular flexibility index (Phi) is 7.01. The van der Waals surface area contributed by atoms with Crippen molar-refractivity contribution >= 4 is 23.3 Å². The van der Waals surface area contributed by atoms with E-state index >= 15 is 0 Å². The number of aryl methyl sites for hydroxylation is 1. The molecule has 1 aromatic heterocycles. The number of amides is 1. The smallest absolute Gasteiger partial charge is 0.416 e. The number of ether oxygens (including phenoxy) is 1. The van der Waals surface area contributed by atoms with Gasteiger partial charge in [-0.3, -0.25) is 14.5 Å². The molecular formula is C30H31F3N4O4. The molecule has 6 rings (SSSR count). The molecule has 0 bridgehead atoms. The number of fused-ring (bicyclic) bond motifs is 1. The zero-order valence-corrected chi connectivity index (χ0v) is 22.5. The first-order valence-electron chi connectivity index (χ1n) is 13.9. The molecule has 4 aliphatic rings. The average molecular weight is 569 g/mol. The van der Waals surface area contributed by atoms with Crippen molar-refractivity contribution < 1.29 is 32.6 Å². The zero-order valence-electron chi connectivity index (χ0n) is 22.5. The molecule has 8 nitrogen and oxygen atoms in total. The quantitative estimate of drug-likeness (QED) is 0.505. The maximum absolute atomic E-state index is 13.8. The van der Waals surface area contributed by atoms with Gasteiger partial charge in [0.15, 0.2) is 0 Å². The number of benzene rings is 1. The van der Waals surface area contributed by atoms with Crippen LogP contribution in [0.2, 0.25) is 0 Å². The second kappa shape index (κ2) is 10.5. The molecule has 3 aliphatic heterocycles. The molecule has 41 heavy (non-hydrogen) atoms. The van der Waals surface area contributed by atoms with Crippen molar-refractivity contribution in [2.24, 2.45) is 0 Å². The maximum atomic E-state index is 13.8. The van der Waals surface area contributed by atoms with Crippen LogP contribution in [0.15, 0.2) is 59.8 Å². The lowest BCUT2D eigenvalue weighted by molar-refractivity contribution is -0.0884. The van der Waals surface area contributed by atoms with Gasteiger partial charge in [-0.05, 0) is 67.2 Å². The molecule has 0 unspecified atom stereocenters. The fourth-order valence-corrected chi connectivity index (χ4v) is 6.24. The third kappa shape index (κ3) is 5.42. The van der Waals surface area contributed by atoms with Gasteiger partial charge in [0, 0.05) is 56.0 Å². The van der Waals surface area contributed by atoms with Gasteiger partial charge in [-0.1, -0.05) is 12.2 Å². The van der Waals surface area contributed by atoms with Crippen LogP contribution in [0.4, 0.5) is 23.7 Å². The number of alkyl halides is 3. The molecule has 1 N–H and O–H groups in total. The SMILES string of the molecule is O=C(O)c1ccc(N2CC3(CCN(CC4=CC(C(F)(F)F)=CCC=C4c4cnn5c4CCCC5)CC3)OC2=O)cc1. The monoisotopic (exact) mass is 568 g/mol. The zero-order chi connectivity index (χ0) is 28.8. The lowest BCUT2D eigenvalue weighted by atomic mass is 9.89. The topological polar surface area (TPSA) is 87.9 Å². The summed E-state index contributed by atoms with van der Waals surface area (Å²) < 4.78 is 49.3. The van der Waals surface area contributed by atoms with Crippen molar-refractivity contribution in [2.75, 3.05) is 31.1 Å². The summed E-state index contributed by atoms with van der Waals surface area (Å²) >= 11 is 0. The van der Waals surface area contributed by atoms with Crippen LogP contribution < -0.4 is 4.90 Å². The Morgan fingerprint density at radius 1 is 1.07 bits per heavy atom. The summed E-state index contributed by atoms with van der Waals surface area (Å²) in [7, 11) is 0. The predicted molar refractivity (Wildman–Crippen MR) is 146 cm³/mol. The second-order valence-electron chi connectivity index (χ2n) is 11.1. The largest absolute Gasteiger partial charge is 0.478 e. The minimum absolute atomic E-state index is 0.130. The van der Waals surface area contributed by atoms with E-state index in [1.54, 1.807) is 18.3 Å². The van der Waals surface area contributed by atoms with Gasteiger partial charge in [0.25, 0.3) is 0 Å². The number of carbonyl (C=O) groups excluding carboxylic acids is 1. The molecule has 2 fully saturated rings. The summed E-state index contributed by atoms with van der Waals surface area (Å²) in [5.74, 6) is -1.04. The number of aromatic carboxylic acids is 1. The van der Waals surface area contributed by atoms with E-state index in [1.165, 1.54) is 29.2 Å². The first-order chi connectivity index (χ1) is 19.6. The van der Waals surface area contributed by atoms with Crippen LogP contribution in [-0.4, -0.2) is 69.8 Å². The van der Waals surface area contributed by atoms with Gasteiger partial charge in [0.05, 0.1) is 23.9 Å². The minimum atomic E-state index is -4.44. The summed E-state index contributed by atoms with van der Waals surface area (Å²) in [6.07, 6.45) is 5.48. The van der Waals surface area contributed by atoms with Crippen molar-refractivity contribution in [1.29, 1.82) is 0 Å². The highest BCUT2D eigenvalue weighted by atomic mass is 19.4.